The minimum atomic E-state index is -3.95. The molecule has 0 atom stereocenters. The van der Waals surface area contributed by atoms with Gasteiger partial charge in [-0.1, -0.05) is 24.2 Å². The third-order valence-corrected chi connectivity index (χ3v) is 6.12. The van der Waals surface area contributed by atoms with Crippen molar-refractivity contribution in [1.82, 2.24) is 4.90 Å². The molecule has 2 aromatic rings. The van der Waals surface area contributed by atoms with E-state index in [4.69, 9.17) is 29.1 Å². The zero-order valence-corrected chi connectivity index (χ0v) is 18.9. The lowest BCUT2D eigenvalue weighted by atomic mass is 10.2. The van der Waals surface area contributed by atoms with Crippen molar-refractivity contribution in [2.75, 3.05) is 23.9 Å². The fourth-order valence-electron chi connectivity index (χ4n) is 2.76. The normalized spacial score (nSPS) is 14.5. The van der Waals surface area contributed by atoms with Crippen molar-refractivity contribution < 1.29 is 13.2 Å². The number of carbonyl (C=O) groups is 1. The molecule has 1 aliphatic heterocycles. The summed E-state index contributed by atoms with van der Waals surface area (Å²) in [4.78, 5) is 16.9. The molecule has 31 heavy (non-hydrogen) atoms. The molecule has 0 N–H and O–H groups in total. The first kappa shape index (κ1) is 22.4. The van der Waals surface area contributed by atoms with Crippen LogP contribution in [0, 0.1) is 11.3 Å². The molecule has 0 saturated carbocycles. The largest absolute Gasteiger partial charge is 0.368 e. The molecule has 8 nitrogen and oxygen atoms in total. The number of sulfonamides is 1. The number of benzene rings is 2. The summed E-state index contributed by atoms with van der Waals surface area (Å²) >= 11 is 11.6. The Kier molecular flexibility index (Phi) is 6.13. The molecular formula is C20H16ClN5O3S2. The van der Waals surface area contributed by atoms with Gasteiger partial charge in [0, 0.05) is 19.8 Å². The second kappa shape index (κ2) is 8.47. The molecule has 0 radical (unpaired) electrons. The van der Waals surface area contributed by atoms with E-state index >= 15 is 0 Å². The predicted octanol–water partition coefficient (Wildman–Crippen LogP) is 3.14. The van der Waals surface area contributed by atoms with Crippen LogP contribution in [0.15, 0.2) is 64.0 Å². The molecule has 1 amide bonds. The number of rotatable bonds is 5. The maximum absolute atomic E-state index is 12.9. The second-order valence-corrected chi connectivity index (χ2v) is 9.04. The van der Waals surface area contributed by atoms with Gasteiger partial charge in [0.1, 0.15) is 18.1 Å². The molecule has 0 aromatic heterocycles. The van der Waals surface area contributed by atoms with Crippen LogP contribution in [0.2, 0.25) is 5.02 Å². The maximum atomic E-state index is 12.9. The van der Waals surface area contributed by atoms with E-state index in [0.29, 0.717) is 11.4 Å². The monoisotopic (exact) mass is 473 g/mol. The van der Waals surface area contributed by atoms with Gasteiger partial charge in [0.15, 0.2) is 5.11 Å². The van der Waals surface area contributed by atoms with E-state index in [0.717, 1.165) is 0 Å². The van der Waals surface area contributed by atoms with E-state index in [1.807, 2.05) is 6.07 Å². The van der Waals surface area contributed by atoms with Crippen LogP contribution >= 0.6 is 23.8 Å². The third kappa shape index (κ3) is 4.29. The number of thiocarbonyl (C=S) groups is 1. The Morgan fingerprint density at radius 2 is 1.87 bits per heavy atom. The number of nitrogens with zero attached hydrogens (tertiary/aromatic N) is 5. The Bertz CT molecular complexity index is 1280. The summed E-state index contributed by atoms with van der Waals surface area (Å²) in [5.74, 6) is -0.496. The highest BCUT2D eigenvalue weighted by Crippen LogP contribution is 2.34. The zero-order valence-electron chi connectivity index (χ0n) is 16.5. The molecule has 0 unspecified atom stereocenters. The predicted molar refractivity (Wildman–Crippen MR) is 124 cm³/mol. The standard InChI is InChI=1S/C20H16ClN5O3S2/c1-13-19(27)26(16-8-7-14(11-22)18(21)10-16)20(30)25(13)15-5-4-6-17(9-15)31(28,29)23-12-24(2)3/h4-10,12H,1H2,2-3H3/b23-12+. The average Bonchev–Trinajstić information content (AvgIpc) is 2.95. The van der Waals surface area contributed by atoms with Crippen molar-refractivity contribution in [3.8, 4) is 6.07 Å². The van der Waals surface area contributed by atoms with E-state index < -0.39 is 15.9 Å². The molecule has 2 aromatic carbocycles. The number of hydrogen-bond donors (Lipinski definition) is 0. The van der Waals surface area contributed by atoms with Crippen LogP contribution in [0.5, 0.6) is 0 Å². The minimum absolute atomic E-state index is 0.0387. The molecule has 0 spiro atoms. The van der Waals surface area contributed by atoms with Gasteiger partial charge in [0.25, 0.3) is 15.9 Å². The number of halogens is 1. The lowest BCUT2D eigenvalue weighted by Crippen LogP contribution is -2.32. The molecule has 158 valence electrons. The van der Waals surface area contributed by atoms with Gasteiger partial charge in [-0.15, -0.1) is 4.40 Å². The zero-order chi connectivity index (χ0) is 22.9. The SMILES string of the molecule is C=C1C(=O)N(c2ccc(C#N)c(Cl)c2)C(=S)N1c1cccc(S(=O)(=O)/N=C/N(C)C)c1. The number of amides is 1. The topological polar surface area (TPSA) is 97.1 Å². The summed E-state index contributed by atoms with van der Waals surface area (Å²) in [6.07, 6.45) is 1.18. The van der Waals surface area contributed by atoms with Gasteiger partial charge in [0.2, 0.25) is 0 Å². The lowest BCUT2D eigenvalue weighted by molar-refractivity contribution is -0.113. The number of hydrogen-bond acceptors (Lipinski definition) is 5. The van der Waals surface area contributed by atoms with Crippen LogP contribution in [0.4, 0.5) is 11.4 Å². The van der Waals surface area contributed by atoms with Gasteiger partial charge in [0.05, 0.1) is 21.2 Å². The van der Waals surface area contributed by atoms with Crippen molar-refractivity contribution in [2.24, 2.45) is 4.40 Å². The Morgan fingerprint density at radius 1 is 1.19 bits per heavy atom. The van der Waals surface area contributed by atoms with Gasteiger partial charge in [-0.2, -0.15) is 13.7 Å². The molecule has 1 saturated heterocycles. The van der Waals surface area contributed by atoms with E-state index in [1.165, 1.54) is 51.4 Å². The highest BCUT2D eigenvalue weighted by atomic mass is 35.5. The van der Waals surface area contributed by atoms with Gasteiger partial charge >= 0.3 is 0 Å². The summed E-state index contributed by atoms with van der Waals surface area (Å²) in [5, 5.41) is 9.29. The highest BCUT2D eigenvalue weighted by molar-refractivity contribution is 7.90. The molecule has 0 aliphatic carbocycles. The van der Waals surface area contributed by atoms with Crippen molar-refractivity contribution >= 4 is 62.6 Å². The Hall–Kier alpha value is -3.26. The van der Waals surface area contributed by atoms with Gasteiger partial charge in [-0.3, -0.25) is 14.6 Å². The smallest absolute Gasteiger partial charge is 0.283 e. The van der Waals surface area contributed by atoms with Crippen LogP contribution in [-0.4, -0.2) is 44.8 Å². The average molecular weight is 474 g/mol. The van der Waals surface area contributed by atoms with Crippen LogP contribution in [-0.2, 0) is 14.8 Å². The van der Waals surface area contributed by atoms with Crippen molar-refractivity contribution in [2.45, 2.75) is 4.90 Å². The lowest BCUT2D eigenvalue weighted by Gasteiger charge is -2.20. The van der Waals surface area contributed by atoms with Crippen molar-refractivity contribution in [3.05, 3.63) is 65.3 Å². The number of nitriles is 1. The van der Waals surface area contributed by atoms with E-state index in [9.17, 15) is 13.2 Å². The van der Waals surface area contributed by atoms with E-state index in [1.54, 1.807) is 26.2 Å². The van der Waals surface area contributed by atoms with Crippen LogP contribution in [0.3, 0.4) is 0 Å². The van der Waals surface area contributed by atoms with Crippen molar-refractivity contribution in [1.29, 1.82) is 5.26 Å². The second-order valence-electron chi connectivity index (χ2n) is 6.64. The summed E-state index contributed by atoms with van der Waals surface area (Å²) in [6.45, 7) is 3.80. The van der Waals surface area contributed by atoms with Crippen LogP contribution in [0.25, 0.3) is 0 Å². The maximum Gasteiger partial charge on any atom is 0.283 e. The van der Waals surface area contributed by atoms with Crippen LogP contribution in [0.1, 0.15) is 5.56 Å². The first-order valence-electron chi connectivity index (χ1n) is 8.71. The molecule has 1 aliphatic rings. The van der Waals surface area contributed by atoms with Gasteiger partial charge in [-0.05, 0) is 48.6 Å². The fraction of sp³-hybridized carbons (Fsp3) is 0.100. The molecular weight excluding hydrogens is 458 g/mol. The first-order valence-corrected chi connectivity index (χ1v) is 10.9. The summed E-state index contributed by atoms with van der Waals surface area (Å²) < 4.78 is 28.6. The molecule has 0 bridgehead atoms. The minimum Gasteiger partial charge on any atom is -0.368 e. The number of carbonyl (C=O) groups excluding carboxylic acids is 1. The van der Waals surface area contributed by atoms with E-state index in [2.05, 4.69) is 11.0 Å². The quantitative estimate of drug-likeness (QED) is 0.285. The molecule has 1 fully saturated rings. The van der Waals surface area contributed by atoms with Gasteiger partial charge in [-0.25, -0.2) is 0 Å². The van der Waals surface area contributed by atoms with E-state index in [-0.39, 0.29) is 26.3 Å². The Labute approximate surface area is 190 Å². The van der Waals surface area contributed by atoms with Crippen molar-refractivity contribution in [3.63, 3.8) is 0 Å². The number of anilines is 2. The Balaban J connectivity index is 2.01. The summed E-state index contributed by atoms with van der Waals surface area (Å²) in [5.41, 5.74) is 1.00. The van der Waals surface area contributed by atoms with Crippen LogP contribution < -0.4 is 9.80 Å². The first-order chi connectivity index (χ1) is 14.6. The Morgan fingerprint density at radius 3 is 2.48 bits per heavy atom. The highest BCUT2D eigenvalue weighted by Gasteiger charge is 2.39. The summed E-state index contributed by atoms with van der Waals surface area (Å²) in [6, 6.07) is 12.3. The van der Waals surface area contributed by atoms with Gasteiger partial charge < -0.3 is 4.90 Å². The third-order valence-electron chi connectivity index (χ3n) is 4.22. The molecule has 11 heteroatoms. The fourth-order valence-corrected chi connectivity index (χ4v) is 4.33. The summed E-state index contributed by atoms with van der Waals surface area (Å²) in [7, 11) is -0.652. The molecule has 3 rings (SSSR count). The molecule has 1 heterocycles.